The van der Waals surface area contributed by atoms with Crippen molar-refractivity contribution < 1.29 is 14.3 Å². The monoisotopic (exact) mass is 365 g/mol. The number of carbonyl (C=O) groups is 2. The number of hydrogen-bond acceptors (Lipinski definition) is 4. The first-order chi connectivity index (χ1) is 12.7. The molecule has 0 aliphatic heterocycles. The van der Waals surface area contributed by atoms with Crippen LogP contribution in [0.15, 0.2) is 29.8 Å². The summed E-state index contributed by atoms with van der Waals surface area (Å²) in [6.45, 7) is 5.72. The second-order valence-electron chi connectivity index (χ2n) is 6.47. The van der Waals surface area contributed by atoms with Crippen molar-refractivity contribution in [2.75, 3.05) is 21.2 Å². The lowest BCUT2D eigenvalue weighted by Crippen LogP contribution is -2.22. The molecule has 0 unspecified atom stereocenters. The lowest BCUT2D eigenvalue weighted by molar-refractivity contribution is -0.124. The molecule has 0 fully saturated rings. The fourth-order valence-corrected chi connectivity index (χ4v) is 3.04. The molecule has 140 valence electrons. The van der Waals surface area contributed by atoms with Gasteiger partial charge in [-0.1, -0.05) is 6.07 Å². The van der Waals surface area contributed by atoms with Crippen molar-refractivity contribution in [1.29, 1.82) is 5.26 Å². The van der Waals surface area contributed by atoms with Crippen LogP contribution < -0.4 is 0 Å². The van der Waals surface area contributed by atoms with Crippen LogP contribution in [-0.2, 0) is 9.53 Å². The van der Waals surface area contributed by atoms with Gasteiger partial charge in [0.05, 0.1) is 12.7 Å². The molecule has 27 heavy (non-hydrogen) atoms. The zero-order valence-corrected chi connectivity index (χ0v) is 16.5. The Kier molecular flexibility index (Phi) is 5.86. The third kappa shape index (κ3) is 3.77. The summed E-state index contributed by atoms with van der Waals surface area (Å²) in [5.41, 5.74) is 4.80. The van der Waals surface area contributed by atoms with Crippen LogP contribution in [0.1, 0.15) is 32.9 Å². The van der Waals surface area contributed by atoms with Crippen LogP contribution in [0.2, 0.25) is 0 Å². The van der Waals surface area contributed by atoms with Crippen LogP contribution in [0, 0.1) is 32.1 Å². The van der Waals surface area contributed by atoms with Gasteiger partial charge in [-0.3, -0.25) is 4.79 Å². The highest BCUT2D eigenvalue weighted by Gasteiger charge is 2.18. The highest BCUT2D eigenvalue weighted by molar-refractivity contribution is 6.01. The molecule has 1 heterocycles. The van der Waals surface area contributed by atoms with Crippen molar-refractivity contribution in [3.05, 3.63) is 57.9 Å². The van der Waals surface area contributed by atoms with Gasteiger partial charge in [0.15, 0.2) is 0 Å². The van der Waals surface area contributed by atoms with E-state index in [0.29, 0.717) is 5.56 Å². The predicted octanol–water partition coefficient (Wildman–Crippen LogP) is 3.18. The van der Waals surface area contributed by atoms with E-state index in [1.54, 1.807) is 32.3 Å². The zero-order chi connectivity index (χ0) is 20.3. The molecule has 0 atom stereocenters. The van der Waals surface area contributed by atoms with E-state index in [-0.39, 0.29) is 17.4 Å². The van der Waals surface area contributed by atoms with Gasteiger partial charge in [-0.05, 0) is 56.2 Å². The molecule has 0 radical (unpaired) electrons. The highest BCUT2D eigenvalue weighted by Crippen LogP contribution is 2.26. The minimum atomic E-state index is -0.389. The van der Waals surface area contributed by atoms with Crippen LogP contribution in [-0.4, -0.2) is 42.5 Å². The smallest absolute Gasteiger partial charge is 0.338 e. The average Bonchev–Trinajstić information content (AvgIpc) is 2.92. The Balaban J connectivity index is 2.63. The molecule has 0 spiro atoms. The Hall–Kier alpha value is -3.33. The Morgan fingerprint density at radius 3 is 2.44 bits per heavy atom. The Morgan fingerprint density at radius 2 is 1.89 bits per heavy atom. The summed E-state index contributed by atoms with van der Waals surface area (Å²) < 4.78 is 6.86. The zero-order valence-electron chi connectivity index (χ0n) is 16.5. The van der Waals surface area contributed by atoms with E-state index < -0.39 is 0 Å². The van der Waals surface area contributed by atoms with Gasteiger partial charge in [0, 0.05) is 31.2 Å². The Bertz CT molecular complexity index is 975. The fourth-order valence-electron chi connectivity index (χ4n) is 3.04. The number of methoxy groups -OCH3 is 1. The summed E-state index contributed by atoms with van der Waals surface area (Å²) >= 11 is 0. The van der Waals surface area contributed by atoms with Crippen LogP contribution in [0.4, 0.5) is 0 Å². The first-order valence-electron chi connectivity index (χ1n) is 8.43. The maximum Gasteiger partial charge on any atom is 0.338 e. The number of aryl methyl sites for hydroxylation is 1. The molecule has 1 aromatic carbocycles. The van der Waals surface area contributed by atoms with E-state index in [9.17, 15) is 14.9 Å². The number of ether oxygens (including phenoxy) is 1. The molecule has 0 saturated carbocycles. The number of aromatic nitrogens is 1. The molecule has 2 rings (SSSR count). The number of esters is 1. The number of likely N-dealkylation sites (N-methyl/N-ethyl adjacent to an activating group) is 1. The second kappa shape index (κ2) is 7.92. The van der Waals surface area contributed by atoms with Crippen molar-refractivity contribution in [2.24, 2.45) is 0 Å². The normalized spacial score (nSPS) is 11.1. The predicted molar refractivity (Wildman–Crippen MR) is 104 cm³/mol. The third-order valence-electron chi connectivity index (χ3n) is 4.48. The molecule has 6 heteroatoms. The molecule has 0 aliphatic rings. The molecule has 1 aromatic heterocycles. The second-order valence-corrected chi connectivity index (χ2v) is 6.47. The van der Waals surface area contributed by atoms with Gasteiger partial charge in [0.25, 0.3) is 5.91 Å². The summed E-state index contributed by atoms with van der Waals surface area (Å²) in [6.07, 6.45) is 1.60. The first kappa shape index (κ1) is 20.0. The molecule has 0 bridgehead atoms. The van der Waals surface area contributed by atoms with Crippen LogP contribution >= 0.6 is 0 Å². The maximum atomic E-state index is 12.1. The minimum Gasteiger partial charge on any atom is -0.465 e. The molecule has 0 N–H and O–H groups in total. The largest absolute Gasteiger partial charge is 0.465 e. The number of carbonyl (C=O) groups excluding carboxylic acids is 2. The number of amides is 1. The van der Waals surface area contributed by atoms with Gasteiger partial charge in [0.2, 0.25) is 0 Å². The number of benzene rings is 1. The lowest BCUT2D eigenvalue weighted by atomic mass is 10.1. The lowest BCUT2D eigenvalue weighted by Gasteiger charge is -2.15. The fraction of sp³-hybridized carbons (Fsp3) is 0.286. The van der Waals surface area contributed by atoms with E-state index >= 15 is 0 Å². The van der Waals surface area contributed by atoms with Crippen molar-refractivity contribution in [3.8, 4) is 11.8 Å². The van der Waals surface area contributed by atoms with E-state index in [2.05, 4.69) is 0 Å². The number of hydrogen-bond donors (Lipinski definition) is 0. The molecule has 0 saturated heterocycles. The van der Waals surface area contributed by atoms with Gasteiger partial charge in [0.1, 0.15) is 11.6 Å². The van der Waals surface area contributed by atoms with Crippen molar-refractivity contribution in [3.63, 3.8) is 0 Å². The Morgan fingerprint density at radius 1 is 1.22 bits per heavy atom. The van der Waals surface area contributed by atoms with E-state index in [4.69, 9.17) is 4.74 Å². The van der Waals surface area contributed by atoms with E-state index in [1.807, 2.05) is 43.5 Å². The Labute approximate surface area is 159 Å². The van der Waals surface area contributed by atoms with E-state index in [1.165, 1.54) is 12.0 Å². The van der Waals surface area contributed by atoms with Gasteiger partial charge >= 0.3 is 5.97 Å². The third-order valence-corrected chi connectivity index (χ3v) is 4.48. The van der Waals surface area contributed by atoms with Gasteiger partial charge in [-0.25, -0.2) is 4.79 Å². The highest BCUT2D eigenvalue weighted by atomic mass is 16.5. The van der Waals surface area contributed by atoms with Gasteiger partial charge in [-0.2, -0.15) is 5.26 Å². The van der Waals surface area contributed by atoms with Crippen molar-refractivity contribution in [2.45, 2.75) is 20.8 Å². The molecule has 1 amide bonds. The number of nitrogens with zero attached hydrogens (tertiary/aromatic N) is 3. The summed E-state index contributed by atoms with van der Waals surface area (Å²) in [5.74, 6) is -0.730. The molecular weight excluding hydrogens is 342 g/mol. The molecule has 0 aliphatic carbocycles. The summed E-state index contributed by atoms with van der Waals surface area (Å²) in [4.78, 5) is 25.5. The topological polar surface area (TPSA) is 75.3 Å². The molecular formula is C21H23N3O3. The summed E-state index contributed by atoms with van der Waals surface area (Å²) in [7, 11) is 4.58. The van der Waals surface area contributed by atoms with E-state index in [0.717, 1.165) is 28.2 Å². The molecule has 6 nitrogen and oxygen atoms in total. The maximum absolute atomic E-state index is 12.1. The summed E-state index contributed by atoms with van der Waals surface area (Å²) in [6, 6.07) is 9.34. The molecule has 2 aromatic rings. The number of nitriles is 1. The minimum absolute atomic E-state index is 0.0697. The van der Waals surface area contributed by atoms with Crippen LogP contribution in [0.25, 0.3) is 11.8 Å². The van der Waals surface area contributed by atoms with Gasteiger partial charge in [-0.15, -0.1) is 0 Å². The SMILES string of the molecule is COC(=O)c1cccc(-n2c(C)cc(/C=C(/C#N)C(=O)N(C)C)c2C)c1C. The first-order valence-corrected chi connectivity index (χ1v) is 8.43. The van der Waals surface area contributed by atoms with Crippen LogP contribution in [0.5, 0.6) is 0 Å². The van der Waals surface area contributed by atoms with Crippen LogP contribution in [0.3, 0.4) is 0 Å². The number of rotatable bonds is 4. The van der Waals surface area contributed by atoms with Crippen molar-refractivity contribution >= 4 is 18.0 Å². The van der Waals surface area contributed by atoms with Crippen molar-refractivity contribution in [1.82, 2.24) is 9.47 Å². The quantitative estimate of drug-likeness (QED) is 0.474. The summed E-state index contributed by atoms with van der Waals surface area (Å²) in [5, 5.41) is 9.34. The van der Waals surface area contributed by atoms with Gasteiger partial charge < -0.3 is 14.2 Å². The standard InChI is InChI=1S/C21H23N3O3/c1-13-10-16(11-17(12-22)20(25)23(4)5)15(3)24(13)19-9-7-8-18(14(19)2)21(26)27-6/h7-11H,1-6H3/b17-11-. The average molecular weight is 365 g/mol.